The van der Waals surface area contributed by atoms with E-state index < -0.39 is 15.6 Å². The number of allylic oxidation sites excluding steroid dienone is 1. The standard InChI is InChI=1S/C10H8F3O3S/c1-2-5-8-6-3-4-7-9(8)16-17(14,15)10(11,12)13/h2,4-7H,1H3. The minimum Gasteiger partial charge on any atom is -0.375 e. The Morgan fingerprint density at radius 2 is 2.06 bits per heavy atom. The number of hydrogen-bond donors (Lipinski definition) is 0. The topological polar surface area (TPSA) is 43.4 Å². The molecular formula is C10H8F3O3S. The van der Waals surface area contributed by atoms with Gasteiger partial charge in [0.2, 0.25) is 0 Å². The van der Waals surface area contributed by atoms with Gasteiger partial charge in [0.05, 0.1) is 0 Å². The van der Waals surface area contributed by atoms with Crippen molar-refractivity contribution in [3.05, 3.63) is 35.9 Å². The van der Waals surface area contributed by atoms with E-state index in [1.165, 1.54) is 24.3 Å². The normalized spacial score (nSPS) is 12.9. The molecule has 17 heavy (non-hydrogen) atoms. The van der Waals surface area contributed by atoms with Gasteiger partial charge in [-0.1, -0.05) is 18.2 Å². The molecule has 7 heteroatoms. The summed E-state index contributed by atoms with van der Waals surface area (Å²) in [6.07, 6.45) is 2.95. The minimum absolute atomic E-state index is 0.197. The second kappa shape index (κ2) is 4.79. The van der Waals surface area contributed by atoms with Crippen molar-refractivity contribution in [3.63, 3.8) is 0 Å². The molecule has 0 aromatic heterocycles. The minimum atomic E-state index is -5.64. The van der Waals surface area contributed by atoms with Crippen molar-refractivity contribution < 1.29 is 25.8 Å². The molecule has 0 spiro atoms. The molecule has 93 valence electrons. The van der Waals surface area contributed by atoms with E-state index in [2.05, 4.69) is 10.2 Å². The van der Waals surface area contributed by atoms with E-state index in [9.17, 15) is 21.6 Å². The first-order valence-electron chi connectivity index (χ1n) is 4.41. The summed E-state index contributed by atoms with van der Waals surface area (Å²) in [7, 11) is -5.64. The van der Waals surface area contributed by atoms with Crippen molar-refractivity contribution >= 4 is 16.2 Å². The first kappa shape index (κ1) is 13.6. The Labute approximate surface area is 96.6 Å². The molecule has 0 fully saturated rings. The highest BCUT2D eigenvalue weighted by Crippen LogP contribution is 2.29. The number of hydrogen-bond acceptors (Lipinski definition) is 3. The lowest BCUT2D eigenvalue weighted by Crippen LogP contribution is -2.28. The maximum atomic E-state index is 12.1. The molecule has 1 aromatic rings. The van der Waals surface area contributed by atoms with Crippen LogP contribution in [0.15, 0.2) is 24.3 Å². The van der Waals surface area contributed by atoms with Gasteiger partial charge in [0.25, 0.3) is 0 Å². The predicted molar refractivity (Wildman–Crippen MR) is 55.6 cm³/mol. The third-order valence-electron chi connectivity index (χ3n) is 1.68. The van der Waals surface area contributed by atoms with Gasteiger partial charge in [-0.15, -0.1) is 0 Å². The third kappa shape index (κ3) is 3.23. The molecule has 0 aliphatic heterocycles. The molecule has 0 unspecified atom stereocenters. The van der Waals surface area contributed by atoms with E-state index >= 15 is 0 Å². The Morgan fingerprint density at radius 1 is 1.41 bits per heavy atom. The van der Waals surface area contributed by atoms with Crippen LogP contribution < -0.4 is 4.18 Å². The molecule has 3 nitrogen and oxygen atoms in total. The Kier molecular flexibility index (Phi) is 3.82. The third-order valence-corrected chi connectivity index (χ3v) is 2.65. The highest BCUT2D eigenvalue weighted by atomic mass is 32.2. The molecule has 0 atom stereocenters. The molecule has 0 amide bonds. The molecule has 1 radical (unpaired) electrons. The zero-order valence-electron chi connectivity index (χ0n) is 8.65. The van der Waals surface area contributed by atoms with Gasteiger partial charge in [0.15, 0.2) is 0 Å². The molecule has 1 rings (SSSR count). The van der Waals surface area contributed by atoms with Crippen molar-refractivity contribution in [1.29, 1.82) is 0 Å². The van der Waals surface area contributed by atoms with Crippen LogP contribution in [0.4, 0.5) is 13.2 Å². The van der Waals surface area contributed by atoms with Crippen molar-refractivity contribution in [1.82, 2.24) is 0 Å². The SMILES string of the molecule is CC=Cc1c[c]ccc1OS(=O)(=O)C(F)(F)F. The number of alkyl halides is 3. The summed E-state index contributed by atoms with van der Waals surface area (Å²) in [6, 6.07) is 6.28. The molecule has 0 bridgehead atoms. The molecule has 0 aliphatic carbocycles. The van der Waals surface area contributed by atoms with Crippen LogP contribution in [0.25, 0.3) is 6.08 Å². The van der Waals surface area contributed by atoms with Gasteiger partial charge in [-0.25, -0.2) is 0 Å². The van der Waals surface area contributed by atoms with Gasteiger partial charge in [0.1, 0.15) is 5.75 Å². The predicted octanol–water partition coefficient (Wildman–Crippen LogP) is 2.75. The van der Waals surface area contributed by atoms with E-state index in [1.54, 1.807) is 6.92 Å². The van der Waals surface area contributed by atoms with Crippen molar-refractivity contribution in [2.75, 3.05) is 0 Å². The van der Waals surface area contributed by atoms with Crippen LogP contribution in [0.3, 0.4) is 0 Å². The van der Waals surface area contributed by atoms with Gasteiger partial charge >= 0.3 is 15.6 Å². The number of halogens is 3. The summed E-state index contributed by atoms with van der Waals surface area (Å²) in [5, 5.41) is 0. The molecular weight excluding hydrogens is 257 g/mol. The second-order valence-corrected chi connectivity index (χ2v) is 4.48. The molecule has 0 N–H and O–H groups in total. The van der Waals surface area contributed by atoms with Crippen molar-refractivity contribution in [2.45, 2.75) is 12.4 Å². The zero-order valence-corrected chi connectivity index (χ0v) is 9.47. The van der Waals surface area contributed by atoms with Crippen LogP contribution in [0.2, 0.25) is 0 Å². The van der Waals surface area contributed by atoms with Gasteiger partial charge in [0, 0.05) is 5.56 Å². The van der Waals surface area contributed by atoms with Gasteiger partial charge < -0.3 is 4.18 Å². The Bertz CT molecular complexity index is 518. The lowest BCUT2D eigenvalue weighted by atomic mass is 10.2. The van der Waals surface area contributed by atoms with E-state index in [0.717, 1.165) is 6.07 Å². The lowest BCUT2D eigenvalue weighted by Gasteiger charge is -2.10. The van der Waals surface area contributed by atoms with E-state index in [-0.39, 0.29) is 11.3 Å². The Balaban J connectivity index is 3.13. The fourth-order valence-electron chi connectivity index (χ4n) is 0.980. The fourth-order valence-corrected chi connectivity index (χ4v) is 1.46. The van der Waals surface area contributed by atoms with Crippen LogP contribution in [0.1, 0.15) is 12.5 Å². The summed E-state index contributed by atoms with van der Waals surface area (Å²) >= 11 is 0. The van der Waals surface area contributed by atoms with Gasteiger partial charge in [-0.2, -0.15) is 21.6 Å². The van der Waals surface area contributed by atoms with E-state index in [4.69, 9.17) is 0 Å². The zero-order chi connectivity index (χ0) is 13.1. The Hall–Kier alpha value is -1.50. The summed E-state index contributed by atoms with van der Waals surface area (Å²) < 4.78 is 61.9. The van der Waals surface area contributed by atoms with Crippen LogP contribution in [0, 0.1) is 6.07 Å². The molecule has 0 aliphatic rings. The van der Waals surface area contributed by atoms with E-state index in [0.29, 0.717) is 0 Å². The lowest BCUT2D eigenvalue weighted by molar-refractivity contribution is -0.0500. The summed E-state index contributed by atoms with van der Waals surface area (Å²) in [6.45, 7) is 1.63. The average molecular weight is 265 g/mol. The highest BCUT2D eigenvalue weighted by molar-refractivity contribution is 7.88. The molecule has 1 aromatic carbocycles. The largest absolute Gasteiger partial charge is 0.534 e. The summed E-state index contributed by atoms with van der Waals surface area (Å²) in [5.41, 5.74) is -5.25. The van der Waals surface area contributed by atoms with Crippen LogP contribution in [0.5, 0.6) is 5.75 Å². The molecule has 0 saturated heterocycles. The maximum Gasteiger partial charge on any atom is 0.534 e. The Morgan fingerprint density at radius 3 is 2.59 bits per heavy atom. The smallest absolute Gasteiger partial charge is 0.375 e. The van der Waals surface area contributed by atoms with Gasteiger partial charge in [-0.3, -0.25) is 0 Å². The quantitative estimate of drug-likeness (QED) is 0.623. The first-order valence-corrected chi connectivity index (χ1v) is 5.82. The number of rotatable bonds is 3. The summed E-state index contributed by atoms with van der Waals surface area (Å²) in [4.78, 5) is 0. The molecule has 0 saturated carbocycles. The number of benzene rings is 1. The second-order valence-electron chi connectivity index (χ2n) is 2.95. The van der Waals surface area contributed by atoms with Gasteiger partial charge in [-0.05, 0) is 25.1 Å². The monoisotopic (exact) mass is 265 g/mol. The van der Waals surface area contributed by atoms with Crippen LogP contribution in [-0.2, 0) is 10.1 Å². The van der Waals surface area contributed by atoms with Crippen LogP contribution in [-0.4, -0.2) is 13.9 Å². The maximum absolute atomic E-state index is 12.1. The highest BCUT2D eigenvalue weighted by Gasteiger charge is 2.48. The fraction of sp³-hybridized carbons (Fsp3) is 0.200. The van der Waals surface area contributed by atoms with Crippen LogP contribution >= 0.6 is 0 Å². The first-order chi connectivity index (χ1) is 7.78. The summed E-state index contributed by atoms with van der Waals surface area (Å²) in [5.74, 6) is -0.390. The van der Waals surface area contributed by atoms with Crippen molar-refractivity contribution in [2.24, 2.45) is 0 Å². The van der Waals surface area contributed by atoms with Crippen molar-refractivity contribution in [3.8, 4) is 5.75 Å². The average Bonchev–Trinajstić information content (AvgIpc) is 2.19. The molecule has 0 heterocycles. The van der Waals surface area contributed by atoms with E-state index in [1.807, 2.05) is 0 Å².